The molecule has 2 aromatic carbocycles. The number of aromatic nitrogens is 2. The molecule has 2 aliphatic heterocycles. The Morgan fingerprint density at radius 2 is 1.88 bits per heavy atom. The molecule has 0 aliphatic carbocycles. The number of hydrogen-bond donors (Lipinski definition) is 1. The molecule has 0 bridgehead atoms. The first kappa shape index (κ1) is 26.1. The normalized spacial score (nSPS) is 18.4. The van der Waals surface area contributed by atoms with Gasteiger partial charge in [0.2, 0.25) is 5.78 Å². The van der Waals surface area contributed by atoms with E-state index in [2.05, 4.69) is 9.88 Å². The summed E-state index contributed by atoms with van der Waals surface area (Å²) in [6, 6.07) is 12.5. The van der Waals surface area contributed by atoms with Crippen molar-refractivity contribution in [3.8, 4) is 0 Å². The molecule has 206 valence electrons. The van der Waals surface area contributed by atoms with Gasteiger partial charge in [-0.05, 0) is 43.2 Å². The number of rotatable bonds is 8. The third-order valence-electron chi connectivity index (χ3n) is 7.54. The lowest BCUT2D eigenvalue weighted by Gasteiger charge is -2.30. The van der Waals surface area contributed by atoms with E-state index < -0.39 is 28.4 Å². The molecule has 0 radical (unpaired) electrons. The maximum atomic E-state index is 14.1. The summed E-state index contributed by atoms with van der Waals surface area (Å²) in [4.78, 5) is 47.6. The van der Waals surface area contributed by atoms with E-state index in [4.69, 9.17) is 4.74 Å². The maximum absolute atomic E-state index is 14.1. The predicted molar refractivity (Wildman–Crippen MR) is 149 cm³/mol. The van der Waals surface area contributed by atoms with Gasteiger partial charge in [-0.2, -0.15) is 0 Å². The average Bonchev–Trinajstić information content (AvgIpc) is 3.58. The standard InChI is InChI=1S/C28H27N5O6S/c1-17-26(40-28-29-20-5-2-3-6-21(20)32(17)28)24(34)22-23(18-7-9-19(10-8-18)33(37)38)31(27(36)25(22)35)12-4-11-30-13-15-39-16-14-30/h2-3,5-10,23,35H,4,11-16H2,1H3. The minimum absolute atomic E-state index is 0.0258. The zero-order valence-electron chi connectivity index (χ0n) is 21.8. The van der Waals surface area contributed by atoms with Gasteiger partial charge in [-0.15, -0.1) is 0 Å². The Labute approximate surface area is 233 Å². The Kier molecular flexibility index (Phi) is 6.82. The van der Waals surface area contributed by atoms with Crippen molar-refractivity contribution in [2.24, 2.45) is 0 Å². The van der Waals surface area contributed by atoms with Crippen molar-refractivity contribution in [1.82, 2.24) is 19.2 Å². The van der Waals surface area contributed by atoms with Gasteiger partial charge in [-0.1, -0.05) is 23.5 Å². The van der Waals surface area contributed by atoms with E-state index in [9.17, 15) is 24.8 Å². The number of Topliss-reactive ketones (excluding diaryl/α,β-unsaturated/α-hetero) is 1. The number of benzene rings is 2. The molecule has 1 fully saturated rings. The first-order valence-electron chi connectivity index (χ1n) is 13.0. The molecule has 4 heterocycles. The van der Waals surface area contributed by atoms with Crippen LogP contribution < -0.4 is 0 Å². The Hall–Kier alpha value is -4.13. The fourth-order valence-electron chi connectivity index (χ4n) is 5.53. The Bertz CT molecular complexity index is 1670. The average molecular weight is 562 g/mol. The van der Waals surface area contributed by atoms with Crippen LogP contribution in [0.15, 0.2) is 59.9 Å². The fourth-order valence-corrected chi connectivity index (χ4v) is 6.62. The van der Waals surface area contributed by atoms with Crippen LogP contribution in [0.25, 0.3) is 16.0 Å². The number of aryl methyl sites for hydroxylation is 1. The van der Waals surface area contributed by atoms with E-state index in [1.807, 2.05) is 35.6 Å². The third kappa shape index (κ3) is 4.43. The number of aliphatic hydroxyl groups is 1. The monoisotopic (exact) mass is 561 g/mol. The molecule has 1 unspecified atom stereocenters. The smallest absolute Gasteiger partial charge is 0.290 e. The molecule has 1 atom stereocenters. The molecule has 4 aromatic rings. The number of nitro groups is 1. The largest absolute Gasteiger partial charge is 0.503 e. The highest BCUT2D eigenvalue weighted by atomic mass is 32.1. The number of nitro benzene ring substituents is 1. The number of ether oxygens (including phenoxy) is 1. The number of non-ortho nitro benzene ring substituents is 1. The first-order chi connectivity index (χ1) is 19.3. The van der Waals surface area contributed by atoms with Gasteiger partial charge in [0.25, 0.3) is 11.6 Å². The number of aliphatic hydroxyl groups excluding tert-OH is 1. The molecule has 2 aliphatic rings. The molecule has 6 rings (SSSR count). The lowest BCUT2D eigenvalue weighted by Crippen LogP contribution is -2.39. The SMILES string of the molecule is Cc1c(C(=O)C2=C(O)C(=O)N(CCCN3CCOCC3)C2c2ccc([N+](=O)[O-])cc2)sc2nc3ccccc3n12. The van der Waals surface area contributed by atoms with Gasteiger partial charge in [-0.3, -0.25) is 29.0 Å². The van der Waals surface area contributed by atoms with Crippen LogP contribution in [0.5, 0.6) is 0 Å². The topological polar surface area (TPSA) is 131 Å². The highest BCUT2D eigenvalue weighted by molar-refractivity contribution is 7.19. The molecule has 12 heteroatoms. The number of hydrogen-bond acceptors (Lipinski definition) is 9. The van der Waals surface area contributed by atoms with Crippen molar-refractivity contribution < 1.29 is 24.4 Å². The fraction of sp³-hybridized carbons (Fsp3) is 0.321. The molecule has 1 saturated heterocycles. The summed E-state index contributed by atoms with van der Waals surface area (Å²) in [6.45, 7) is 5.79. The molecule has 1 amide bonds. The number of carbonyl (C=O) groups is 2. The van der Waals surface area contributed by atoms with Crippen molar-refractivity contribution in [2.75, 3.05) is 39.4 Å². The summed E-state index contributed by atoms with van der Waals surface area (Å²) >= 11 is 1.21. The zero-order valence-corrected chi connectivity index (χ0v) is 22.6. The van der Waals surface area contributed by atoms with Crippen LogP contribution in [0.2, 0.25) is 0 Å². The molecule has 11 nitrogen and oxygen atoms in total. The summed E-state index contributed by atoms with van der Waals surface area (Å²) in [5.41, 5.74) is 2.73. The molecular weight excluding hydrogens is 534 g/mol. The van der Waals surface area contributed by atoms with Crippen LogP contribution >= 0.6 is 11.3 Å². The molecular formula is C28H27N5O6S. The summed E-state index contributed by atoms with van der Waals surface area (Å²) in [5, 5.41) is 22.3. The highest BCUT2D eigenvalue weighted by Gasteiger charge is 2.44. The van der Waals surface area contributed by atoms with Crippen LogP contribution in [0.1, 0.15) is 33.4 Å². The van der Waals surface area contributed by atoms with Gasteiger partial charge in [0.15, 0.2) is 10.7 Å². The highest BCUT2D eigenvalue weighted by Crippen LogP contribution is 2.41. The van der Waals surface area contributed by atoms with Crippen molar-refractivity contribution >= 4 is 44.7 Å². The van der Waals surface area contributed by atoms with E-state index in [-0.39, 0.29) is 11.3 Å². The van der Waals surface area contributed by atoms with Crippen molar-refractivity contribution in [1.29, 1.82) is 0 Å². The first-order valence-corrected chi connectivity index (χ1v) is 13.9. The predicted octanol–water partition coefficient (Wildman–Crippen LogP) is 4.07. The number of para-hydroxylation sites is 2. The molecule has 0 saturated carbocycles. The molecule has 2 aromatic heterocycles. The van der Waals surface area contributed by atoms with Gasteiger partial charge in [0, 0.05) is 44.0 Å². The minimum atomic E-state index is -0.879. The third-order valence-corrected chi connectivity index (χ3v) is 8.68. The molecule has 1 N–H and O–H groups in total. The Morgan fingerprint density at radius 3 is 2.60 bits per heavy atom. The Morgan fingerprint density at radius 1 is 1.15 bits per heavy atom. The molecule has 40 heavy (non-hydrogen) atoms. The number of amides is 1. The second-order valence-corrected chi connectivity index (χ2v) is 10.9. The second kappa shape index (κ2) is 10.5. The van der Waals surface area contributed by atoms with Crippen molar-refractivity contribution in [3.05, 3.63) is 86.1 Å². The summed E-state index contributed by atoms with van der Waals surface area (Å²) in [7, 11) is 0. The number of ketones is 1. The van der Waals surface area contributed by atoms with Crippen LogP contribution in [0.4, 0.5) is 5.69 Å². The van der Waals surface area contributed by atoms with Crippen LogP contribution in [-0.4, -0.2) is 80.3 Å². The van der Waals surface area contributed by atoms with Gasteiger partial charge in [-0.25, -0.2) is 4.98 Å². The lowest BCUT2D eigenvalue weighted by molar-refractivity contribution is -0.384. The van der Waals surface area contributed by atoms with E-state index >= 15 is 0 Å². The quantitative estimate of drug-likeness (QED) is 0.194. The number of carbonyl (C=O) groups excluding carboxylic acids is 2. The number of nitrogens with zero attached hydrogens (tertiary/aromatic N) is 5. The maximum Gasteiger partial charge on any atom is 0.290 e. The van der Waals surface area contributed by atoms with Crippen LogP contribution in [-0.2, 0) is 9.53 Å². The number of fused-ring (bicyclic) bond motifs is 3. The number of imidazole rings is 1. The van der Waals surface area contributed by atoms with E-state index in [1.165, 1.54) is 28.4 Å². The molecule has 0 spiro atoms. The van der Waals surface area contributed by atoms with Gasteiger partial charge < -0.3 is 14.7 Å². The van der Waals surface area contributed by atoms with Crippen molar-refractivity contribution in [3.63, 3.8) is 0 Å². The summed E-state index contributed by atoms with van der Waals surface area (Å²) in [6.07, 6.45) is 0.627. The van der Waals surface area contributed by atoms with Crippen molar-refractivity contribution in [2.45, 2.75) is 19.4 Å². The van der Waals surface area contributed by atoms with Crippen LogP contribution in [0.3, 0.4) is 0 Å². The summed E-state index contributed by atoms with van der Waals surface area (Å²) in [5.74, 6) is -1.67. The van der Waals surface area contributed by atoms with E-state index in [0.29, 0.717) is 47.3 Å². The second-order valence-electron chi connectivity index (χ2n) is 9.88. The van der Waals surface area contributed by atoms with Crippen LogP contribution in [0, 0.1) is 17.0 Å². The van der Waals surface area contributed by atoms with Gasteiger partial charge in [0.1, 0.15) is 0 Å². The van der Waals surface area contributed by atoms with E-state index in [1.54, 1.807) is 12.1 Å². The van der Waals surface area contributed by atoms with Gasteiger partial charge in [0.05, 0.1) is 45.7 Å². The van der Waals surface area contributed by atoms with E-state index in [0.717, 1.165) is 30.7 Å². The number of morpholine rings is 1. The van der Waals surface area contributed by atoms with Gasteiger partial charge >= 0.3 is 0 Å². The Balaban J connectivity index is 1.36. The number of thiazole rings is 1. The lowest BCUT2D eigenvalue weighted by atomic mass is 9.94. The minimum Gasteiger partial charge on any atom is -0.503 e. The zero-order chi connectivity index (χ0) is 28.0. The summed E-state index contributed by atoms with van der Waals surface area (Å²) < 4.78 is 7.31.